The van der Waals surface area contributed by atoms with Crippen molar-refractivity contribution in [1.29, 1.82) is 5.26 Å². The number of fused-ring (bicyclic) bond motifs is 1. The molecule has 158 valence electrons. The second kappa shape index (κ2) is 8.53. The van der Waals surface area contributed by atoms with Crippen molar-refractivity contribution in [1.82, 2.24) is 25.2 Å². The van der Waals surface area contributed by atoms with Crippen molar-refractivity contribution in [3.63, 3.8) is 0 Å². The number of aromatic nitrogens is 3. The molecule has 9 heteroatoms. The van der Waals surface area contributed by atoms with Crippen molar-refractivity contribution in [3.8, 4) is 6.07 Å². The van der Waals surface area contributed by atoms with Crippen molar-refractivity contribution in [3.05, 3.63) is 30.6 Å². The van der Waals surface area contributed by atoms with Crippen molar-refractivity contribution >= 4 is 28.8 Å². The SMILES string of the molecule is C=CC(=O)N1CCN(c2cnc3[nH]cc(C(=O)N[C@H](CC)CC#N)c3n2)CC1(C)C. The molecular weight excluding hydrogens is 382 g/mol. The molecule has 3 heterocycles. The number of nitrogens with zero attached hydrogens (tertiary/aromatic N) is 5. The lowest BCUT2D eigenvalue weighted by Gasteiger charge is -2.47. The van der Waals surface area contributed by atoms with Crippen molar-refractivity contribution in [2.75, 3.05) is 24.5 Å². The molecule has 2 aromatic heterocycles. The quantitative estimate of drug-likeness (QED) is 0.705. The molecule has 0 radical (unpaired) electrons. The molecule has 1 aliphatic heterocycles. The van der Waals surface area contributed by atoms with Crippen LogP contribution in [0.2, 0.25) is 0 Å². The molecule has 1 atom stereocenters. The Bertz CT molecular complexity index is 1000. The lowest BCUT2D eigenvalue weighted by atomic mass is 9.98. The van der Waals surface area contributed by atoms with Crippen LogP contribution in [-0.4, -0.2) is 62.9 Å². The van der Waals surface area contributed by atoms with E-state index in [4.69, 9.17) is 10.2 Å². The van der Waals surface area contributed by atoms with E-state index in [0.29, 0.717) is 48.6 Å². The topological polar surface area (TPSA) is 118 Å². The fraction of sp³-hybridized carbons (Fsp3) is 0.476. The fourth-order valence-electron chi connectivity index (χ4n) is 3.75. The number of hydrogen-bond acceptors (Lipinski definition) is 6. The van der Waals surface area contributed by atoms with Gasteiger partial charge in [0.05, 0.1) is 29.8 Å². The molecule has 3 rings (SSSR count). The van der Waals surface area contributed by atoms with Crippen LogP contribution in [0, 0.1) is 11.3 Å². The van der Waals surface area contributed by atoms with Gasteiger partial charge in [-0.3, -0.25) is 9.59 Å². The number of H-pyrrole nitrogens is 1. The molecule has 0 aromatic carbocycles. The molecule has 2 amide bonds. The Kier molecular flexibility index (Phi) is 6.06. The van der Waals surface area contributed by atoms with E-state index < -0.39 is 5.54 Å². The summed E-state index contributed by atoms with van der Waals surface area (Å²) in [6.45, 7) is 11.2. The predicted molar refractivity (Wildman–Crippen MR) is 114 cm³/mol. The number of nitrogens with one attached hydrogen (secondary N) is 2. The van der Waals surface area contributed by atoms with Crippen LogP contribution < -0.4 is 10.2 Å². The number of hydrogen-bond donors (Lipinski definition) is 2. The Balaban J connectivity index is 1.85. The second-order valence-electron chi connectivity index (χ2n) is 8.00. The largest absolute Gasteiger partial charge is 0.351 e. The molecule has 0 unspecified atom stereocenters. The lowest BCUT2D eigenvalue weighted by molar-refractivity contribution is -0.131. The van der Waals surface area contributed by atoms with Gasteiger partial charge in [0.2, 0.25) is 5.91 Å². The Labute approximate surface area is 175 Å². The molecule has 9 nitrogen and oxygen atoms in total. The zero-order valence-electron chi connectivity index (χ0n) is 17.6. The van der Waals surface area contributed by atoms with Gasteiger partial charge >= 0.3 is 0 Å². The number of rotatable bonds is 6. The van der Waals surface area contributed by atoms with Crippen LogP contribution in [0.5, 0.6) is 0 Å². The average Bonchev–Trinajstić information content (AvgIpc) is 3.15. The summed E-state index contributed by atoms with van der Waals surface area (Å²) in [6.07, 6.45) is 5.52. The Morgan fingerprint density at radius 3 is 2.87 bits per heavy atom. The number of aromatic amines is 1. The van der Waals surface area contributed by atoms with Crippen LogP contribution in [0.15, 0.2) is 25.0 Å². The van der Waals surface area contributed by atoms with Crippen LogP contribution >= 0.6 is 0 Å². The van der Waals surface area contributed by atoms with Gasteiger partial charge in [-0.15, -0.1) is 0 Å². The van der Waals surface area contributed by atoms with Gasteiger partial charge in [0.15, 0.2) is 5.65 Å². The minimum Gasteiger partial charge on any atom is -0.351 e. The first kappa shape index (κ1) is 21.3. The molecule has 1 saturated heterocycles. The van der Waals surface area contributed by atoms with Gasteiger partial charge in [-0.25, -0.2) is 9.97 Å². The summed E-state index contributed by atoms with van der Waals surface area (Å²) in [4.78, 5) is 40.8. The second-order valence-corrected chi connectivity index (χ2v) is 8.00. The average molecular weight is 409 g/mol. The molecule has 0 aliphatic carbocycles. The molecule has 2 aromatic rings. The number of carbonyl (C=O) groups excluding carboxylic acids is 2. The summed E-state index contributed by atoms with van der Waals surface area (Å²) in [7, 11) is 0. The van der Waals surface area contributed by atoms with Crippen LogP contribution in [0.1, 0.15) is 44.0 Å². The molecule has 2 N–H and O–H groups in total. The molecule has 1 aliphatic rings. The van der Waals surface area contributed by atoms with E-state index in [0.717, 1.165) is 0 Å². The summed E-state index contributed by atoms with van der Waals surface area (Å²) in [5.41, 5.74) is 1.01. The van der Waals surface area contributed by atoms with Gasteiger partial charge in [0.25, 0.3) is 5.91 Å². The zero-order valence-corrected chi connectivity index (χ0v) is 17.6. The van der Waals surface area contributed by atoms with Crippen LogP contribution in [0.25, 0.3) is 11.2 Å². The number of amides is 2. The van der Waals surface area contributed by atoms with Gasteiger partial charge in [-0.1, -0.05) is 13.5 Å². The molecule has 0 bridgehead atoms. The first-order valence-corrected chi connectivity index (χ1v) is 10.0. The van der Waals surface area contributed by atoms with Crippen LogP contribution in [-0.2, 0) is 4.79 Å². The number of nitriles is 1. The Morgan fingerprint density at radius 2 is 2.23 bits per heavy atom. The first-order chi connectivity index (χ1) is 14.3. The first-order valence-electron chi connectivity index (χ1n) is 10.0. The molecule has 1 fully saturated rings. The summed E-state index contributed by atoms with van der Waals surface area (Å²) in [6, 6.07) is 1.88. The highest BCUT2D eigenvalue weighted by molar-refractivity contribution is 6.04. The highest BCUT2D eigenvalue weighted by Crippen LogP contribution is 2.26. The number of anilines is 1. The lowest BCUT2D eigenvalue weighted by Crippen LogP contribution is -2.61. The maximum atomic E-state index is 12.7. The third kappa shape index (κ3) is 4.13. The Hall–Kier alpha value is -3.41. The minimum atomic E-state index is -0.399. The van der Waals surface area contributed by atoms with E-state index >= 15 is 0 Å². The van der Waals surface area contributed by atoms with E-state index in [1.54, 1.807) is 17.3 Å². The summed E-state index contributed by atoms with van der Waals surface area (Å²) < 4.78 is 0. The number of piperazine rings is 1. The highest BCUT2D eigenvalue weighted by Gasteiger charge is 2.36. The summed E-state index contributed by atoms with van der Waals surface area (Å²) in [5.74, 6) is 0.282. The maximum absolute atomic E-state index is 12.7. The van der Waals surface area contributed by atoms with Gasteiger partial charge in [0.1, 0.15) is 11.3 Å². The number of carbonyl (C=O) groups is 2. The van der Waals surface area contributed by atoms with E-state index in [-0.39, 0.29) is 24.3 Å². The predicted octanol–water partition coefficient (Wildman–Crippen LogP) is 1.99. The standard InChI is InChI=1S/C21H27N7O2/c1-5-14(7-8-22)25-20(30)15-11-23-19-18(15)26-16(12-24-19)27-9-10-28(17(29)6-2)21(3,4)13-27/h6,11-12,14H,2,5,7,9-10,13H2,1,3-4H3,(H,23,24)(H,25,30)/t14-/m1/s1. The van der Waals surface area contributed by atoms with Gasteiger partial charge in [0, 0.05) is 31.9 Å². The molecular formula is C21H27N7O2. The van der Waals surface area contributed by atoms with Crippen molar-refractivity contribution in [2.45, 2.75) is 45.2 Å². The minimum absolute atomic E-state index is 0.0892. The van der Waals surface area contributed by atoms with E-state index in [1.807, 2.05) is 20.8 Å². The highest BCUT2D eigenvalue weighted by atomic mass is 16.2. The van der Waals surface area contributed by atoms with E-state index in [1.165, 1.54) is 6.08 Å². The maximum Gasteiger partial charge on any atom is 0.255 e. The Morgan fingerprint density at radius 1 is 1.47 bits per heavy atom. The van der Waals surface area contributed by atoms with Gasteiger partial charge in [-0.2, -0.15) is 5.26 Å². The zero-order chi connectivity index (χ0) is 21.9. The smallest absolute Gasteiger partial charge is 0.255 e. The summed E-state index contributed by atoms with van der Waals surface area (Å²) in [5, 5.41) is 11.8. The third-order valence-corrected chi connectivity index (χ3v) is 5.45. The molecule has 30 heavy (non-hydrogen) atoms. The van der Waals surface area contributed by atoms with Gasteiger partial charge < -0.3 is 20.1 Å². The van der Waals surface area contributed by atoms with E-state index in [2.05, 4.69) is 32.8 Å². The van der Waals surface area contributed by atoms with Crippen molar-refractivity contribution < 1.29 is 9.59 Å². The van der Waals surface area contributed by atoms with Crippen molar-refractivity contribution in [2.24, 2.45) is 0 Å². The third-order valence-electron chi connectivity index (χ3n) is 5.45. The van der Waals surface area contributed by atoms with Crippen LogP contribution in [0.4, 0.5) is 5.82 Å². The van der Waals surface area contributed by atoms with Crippen LogP contribution in [0.3, 0.4) is 0 Å². The monoisotopic (exact) mass is 409 g/mol. The molecule has 0 saturated carbocycles. The summed E-state index contributed by atoms with van der Waals surface area (Å²) >= 11 is 0. The van der Waals surface area contributed by atoms with Gasteiger partial charge in [-0.05, 0) is 26.3 Å². The van der Waals surface area contributed by atoms with E-state index in [9.17, 15) is 9.59 Å². The normalized spacial score (nSPS) is 16.7. The fourth-order valence-corrected chi connectivity index (χ4v) is 3.75. The molecule has 0 spiro atoms.